The van der Waals surface area contributed by atoms with Crippen molar-refractivity contribution in [3.8, 4) is 6.07 Å². The van der Waals surface area contributed by atoms with Crippen molar-refractivity contribution in [2.45, 2.75) is 24.6 Å². The van der Waals surface area contributed by atoms with Gasteiger partial charge in [-0.1, -0.05) is 0 Å². The maximum Gasteiger partial charge on any atom is 0.331 e. The monoisotopic (exact) mass is 271 g/mol. The Morgan fingerprint density at radius 2 is 2.26 bits per heavy atom. The van der Waals surface area contributed by atoms with E-state index in [0.717, 1.165) is 6.07 Å². The Balaban J connectivity index is 2.52. The molecule has 0 aliphatic carbocycles. The van der Waals surface area contributed by atoms with Crippen molar-refractivity contribution in [1.82, 2.24) is 9.55 Å². The van der Waals surface area contributed by atoms with Crippen LogP contribution in [0.2, 0.25) is 0 Å². The maximum absolute atomic E-state index is 13.9. The highest BCUT2D eigenvalue weighted by Gasteiger charge is 2.45. The maximum atomic E-state index is 13.9. The summed E-state index contributed by atoms with van der Waals surface area (Å²) in [6.45, 7) is -0.641. The molecule has 1 fully saturated rings. The number of hydrogen-bond acceptors (Lipinski definition) is 6. The highest BCUT2D eigenvalue weighted by molar-refractivity contribution is 5.19. The Morgan fingerprint density at radius 1 is 1.58 bits per heavy atom. The minimum atomic E-state index is -2.01. The third-order valence-corrected chi connectivity index (χ3v) is 2.82. The van der Waals surface area contributed by atoms with Gasteiger partial charge in [-0.3, -0.25) is 14.3 Å². The van der Waals surface area contributed by atoms with Crippen LogP contribution in [0.4, 0.5) is 4.39 Å². The first kappa shape index (κ1) is 13.4. The predicted molar refractivity (Wildman–Crippen MR) is 57.9 cm³/mol. The molecule has 19 heavy (non-hydrogen) atoms. The summed E-state index contributed by atoms with van der Waals surface area (Å²) in [5.74, 6) is 0. The van der Waals surface area contributed by atoms with Crippen LogP contribution >= 0.6 is 0 Å². The number of rotatable bonds is 2. The number of alkyl halides is 1. The van der Waals surface area contributed by atoms with Crippen molar-refractivity contribution in [3.05, 3.63) is 32.6 Å². The number of ether oxygens (including phenoxy) is 1. The zero-order chi connectivity index (χ0) is 14.2. The van der Waals surface area contributed by atoms with Crippen molar-refractivity contribution < 1.29 is 19.3 Å². The number of aromatic amines is 1. The molecule has 2 heterocycles. The van der Waals surface area contributed by atoms with Crippen LogP contribution in [0.1, 0.15) is 11.9 Å². The van der Waals surface area contributed by atoms with E-state index in [0.29, 0.717) is 4.57 Å². The van der Waals surface area contributed by atoms with E-state index in [1.807, 2.05) is 4.98 Å². The van der Waals surface area contributed by atoms with Crippen molar-refractivity contribution >= 4 is 0 Å². The molecule has 0 bridgehead atoms. The Morgan fingerprint density at radius 3 is 2.79 bits per heavy atom. The summed E-state index contributed by atoms with van der Waals surface area (Å²) in [5, 5.41) is 27.2. The number of aliphatic hydroxyl groups excluding tert-OH is 2. The molecule has 0 radical (unpaired) electrons. The Bertz CT molecular complexity index is 633. The zero-order valence-electron chi connectivity index (χ0n) is 9.49. The molecule has 9 heteroatoms. The van der Waals surface area contributed by atoms with Gasteiger partial charge in [0.25, 0.3) is 5.56 Å². The van der Waals surface area contributed by atoms with Gasteiger partial charge in [0.15, 0.2) is 12.4 Å². The summed E-state index contributed by atoms with van der Waals surface area (Å²) < 4.78 is 19.5. The molecule has 4 atom stereocenters. The molecule has 1 aliphatic heterocycles. The van der Waals surface area contributed by atoms with Gasteiger partial charge in [0.05, 0.1) is 6.61 Å². The predicted octanol–water partition coefficient (Wildman–Crippen LogP) is -2.00. The highest BCUT2D eigenvalue weighted by Crippen LogP contribution is 2.31. The first-order valence-corrected chi connectivity index (χ1v) is 5.34. The van der Waals surface area contributed by atoms with E-state index in [2.05, 4.69) is 0 Å². The lowest BCUT2D eigenvalue weighted by Crippen LogP contribution is -2.37. The lowest BCUT2D eigenvalue weighted by molar-refractivity contribution is -0.0494. The zero-order valence-corrected chi connectivity index (χ0v) is 9.49. The number of aliphatic hydroxyl groups is 2. The molecule has 0 amide bonds. The standard InChI is InChI=1S/C10H10FN3O5/c11-7-8(17)5(3-15)19-9(7)14-4(2-12)1-6(16)13-10(14)18/h1,5,7-9,15,17H,3H2,(H,13,16,18)/t5-,7-,8-,9-/m1/s1. The fraction of sp³-hybridized carbons (Fsp3) is 0.500. The molecular weight excluding hydrogens is 261 g/mol. The van der Waals surface area contributed by atoms with Crippen LogP contribution in [0.15, 0.2) is 15.7 Å². The van der Waals surface area contributed by atoms with Crippen LogP contribution < -0.4 is 11.2 Å². The number of nitrogens with zero attached hydrogens (tertiary/aromatic N) is 2. The molecule has 102 valence electrons. The van der Waals surface area contributed by atoms with Gasteiger partial charge in [-0.15, -0.1) is 0 Å². The Labute approximate surface area is 105 Å². The van der Waals surface area contributed by atoms with E-state index < -0.39 is 48.2 Å². The van der Waals surface area contributed by atoms with Gasteiger partial charge in [0.2, 0.25) is 0 Å². The number of halogens is 1. The van der Waals surface area contributed by atoms with E-state index in [1.165, 1.54) is 0 Å². The van der Waals surface area contributed by atoms with E-state index in [1.54, 1.807) is 6.07 Å². The van der Waals surface area contributed by atoms with Crippen LogP contribution in [0.25, 0.3) is 0 Å². The van der Waals surface area contributed by atoms with E-state index >= 15 is 0 Å². The second kappa shape index (κ2) is 4.93. The summed E-state index contributed by atoms with van der Waals surface area (Å²) in [7, 11) is 0. The summed E-state index contributed by atoms with van der Waals surface area (Å²) in [6.07, 6.45) is -6.41. The quantitative estimate of drug-likeness (QED) is 0.570. The first-order valence-electron chi connectivity index (χ1n) is 5.34. The summed E-state index contributed by atoms with van der Waals surface area (Å²) in [4.78, 5) is 24.5. The molecule has 1 aromatic rings. The molecule has 8 nitrogen and oxygen atoms in total. The molecule has 1 saturated heterocycles. The fourth-order valence-corrected chi connectivity index (χ4v) is 1.91. The summed E-state index contributed by atoms with van der Waals surface area (Å²) in [6, 6.07) is 2.39. The third kappa shape index (κ3) is 2.17. The van der Waals surface area contributed by atoms with Crippen LogP contribution in [0, 0.1) is 11.3 Å². The van der Waals surface area contributed by atoms with Gasteiger partial charge >= 0.3 is 5.69 Å². The highest BCUT2D eigenvalue weighted by atomic mass is 19.1. The van der Waals surface area contributed by atoms with Crippen molar-refractivity contribution in [2.24, 2.45) is 0 Å². The van der Waals surface area contributed by atoms with Crippen LogP contribution in [0.3, 0.4) is 0 Å². The summed E-state index contributed by atoms with van der Waals surface area (Å²) >= 11 is 0. The molecule has 0 aromatic carbocycles. The molecule has 1 aromatic heterocycles. The van der Waals surface area contributed by atoms with Crippen LogP contribution in [0.5, 0.6) is 0 Å². The Kier molecular flexibility index (Phi) is 3.48. The van der Waals surface area contributed by atoms with E-state index in [-0.39, 0.29) is 0 Å². The Hall–Kier alpha value is -2.02. The molecule has 3 N–H and O–H groups in total. The van der Waals surface area contributed by atoms with Gasteiger partial charge in [-0.05, 0) is 0 Å². The molecule has 2 rings (SSSR count). The molecule has 0 spiro atoms. The normalized spacial score (nSPS) is 30.2. The smallest absolute Gasteiger partial charge is 0.331 e. The van der Waals surface area contributed by atoms with Gasteiger partial charge < -0.3 is 14.9 Å². The van der Waals surface area contributed by atoms with Gasteiger partial charge in [-0.25, -0.2) is 9.18 Å². The second-order valence-electron chi connectivity index (χ2n) is 3.99. The van der Waals surface area contributed by atoms with Crippen molar-refractivity contribution in [3.63, 3.8) is 0 Å². The molecular formula is C10H10FN3O5. The molecule has 0 unspecified atom stereocenters. The SMILES string of the molecule is N#Cc1cc(=O)[nH]c(=O)n1[C@@H]1O[C@H](CO)[C@@H](O)[C@H]1F. The van der Waals surface area contributed by atoms with E-state index in [4.69, 9.17) is 15.1 Å². The topological polar surface area (TPSA) is 128 Å². The van der Waals surface area contributed by atoms with Crippen molar-refractivity contribution in [2.75, 3.05) is 6.61 Å². The van der Waals surface area contributed by atoms with Gasteiger partial charge in [-0.2, -0.15) is 5.26 Å². The minimum Gasteiger partial charge on any atom is -0.394 e. The van der Waals surface area contributed by atoms with Crippen LogP contribution in [-0.4, -0.2) is 44.8 Å². The number of H-pyrrole nitrogens is 1. The second-order valence-corrected chi connectivity index (χ2v) is 3.99. The van der Waals surface area contributed by atoms with Crippen molar-refractivity contribution in [1.29, 1.82) is 5.26 Å². The molecule has 0 saturated carbocycles. The largest absolute Gasteiger partial charge is 0.394 e. The van der Waals surface area contributed by atoms with E-state index in [9.17, 15) is 19.1 Å². The average molecular weight is 271 g/mol. The number of nitrogens with one attached hydrogen (secondary N) is 1. The van der Waals surface area contributed by atoms with Gasteiger partial charge in [0.1, 0.15) is 24.0 Å². The average Bonchev–Trinajstić information content (AvgIpc) is 2.65. The first-order chi connectivity index (χ1) is 8.99. The number of aromatic nitrogens is 2. The fourth-order valence-electron chi connectivity index (χ4n) is 1.91. The number of hydrogen-bond donors (Lipinski definition) is 3. The van der Waals surface area contributed by atoms with Gasteiger partial charge in [0, 0.05) is 6.07 Å². The molecule has 1 aliphatic rings. The van der Waals surface area contributed by atoms with Crippen LogP contribution in [-0.2, 0) is 4.74 Å². The third-order valence-electron chi connectivity index (χ3n) is 2.82. The number of nitriles is 1. The minimum absolute atomic E-state index is 0.396. The summed E-state index contributed by atoms with van der Waals surface area (Å²) in [5.41, 5.74) is -2.22. The lowest BCUT2D eigenvalue weighted by atomic mass is 10.1. The lowest BCUT2D eigenvalue weighted by Gasteiger charge is -2.16.